The Morgan fingerprint density at radius 1 is 1.33 bits per heavy atom. The molecule has 0 bridgehead atoms. The maximum Gasteiger partial charge on any atom is 0.226 e. The lowest BCUT2D eigenvalue weighted by molar-refractivity contribution is -0.127. The minimum absolute atomic E-state index is 0.00769. The molecule has 0 aliphatic carbocycles. The third-order valence-corrected chi connectivity index (χ3v) is 5.19. The Kier molecular flexibility index (Phi) is 5.74. The van der Waals surface area contributed by atoms with Gasteiger partial charge in [0.15, 0.2) is 0 Å². The molecule has 5 nitrogen and oxygen atoms in total. The number of nitrogens with zero attached hydrogens (tertiary/aromatic N) is 1. The predicted octanol–water partition coefficient (Wildman–Crippen LogP) is 2.37. The van der Waals surface area contributed by atoms with Gasteiger partial charge in [-0.15, -0.1) is 0 Å². The molecule has 2 aliphatic rings. The van der Waals surface area contributed by atoms with Crippen molar-refractivity contribution in [2.75, 3.05) is 33.4 Å². The van der Waals surface area contributed by atoms with Gasteiger partial charge in [-0.1, -0.05) is 12.1 Å². The Morgan fingerprint density at radius 3 is 2.62 bits per heavy atom. The van der Waals surface area contributed by atoms with E-state index in [0.29, 0.717) is 6.61 Å². The molecule has 0 unspecified atom stereocenters. The molecule has 2 heterocycles. The first-order chi connectivity index (χ1) is 11.7. The minimum atomic E-state index is -0.0377. The van der Waals surface area contributed by atoms with Crippen LogP contribution in [0.15, 0.2) is 24.3 Å². The van der Waals surface area contributed by atoms with Gasteiger partial charge in [-0.25, -0.2) is 0 Å². The quantitative estimate of drug-likeness (QED) is 0.869. The van der Waals surface area contributed by atoms with Crippen molar-refractivity contribution in [3.63, 3.8) is 0 Å². The van der Waals surface area contributed by atoms with Crippen molar-refractivity contribution in [2.24, 2.45) is 5.92 Å². The standard InChI is InChI=1S/C19H28N2O3/c1-14-17(9-12-24-14)19(22)20-18(13-21-10-3-4-11-21)15-5-7-16(23-2)8-6-15/h5-8,14,17-18H,3-4,9-13H2,1-2H3,(H,20,22)/t14-,17+,18+/m1/s1. The monoisotopic (exact) mass is 332 g/mol. The summed E-state index contributed by atoms with van der Waals surface area (Å²) in [5, 5.41) is 3.27. The van der Waals surface area contributed by atoms with E-state index in [0.717, 1.165) is 37.4 Å². The average molecular weight is 332 g/mol. The highest BCUT2D eigenvalue weighted by atomic mass is 16.5. The highest BCUT2D eigenvalue weighted by Crippen LogP contribution is 2.24. The normalized spacial score (nSPS) is 25.6. The second kappa shape index (κ2) is 7.99. The molecule has 1 aromatic rings. The van der Waals surface area contributed by atoms with Crippen LogP contribution in [0.5, 0.6) is 5.75 Å². The molecule has 0 radical (unpaired) electrons. The van der Waals surface area contributed by atoms with E-state index in [9.17, 15) is 4.79 Å². The van der Waals surface area contributed by atoms with E-state index in [1.54, 1.807) is 7.11 Å². The van der Waals surface area contributed by atoms with Crippen molar-refractivity contribution >= 4 is 5.91 Å². The molecule has 5 heteroatoms. The van der Waals surface area contributed by atoms with E-state index in [-0.39, 0.29) is 24.0 Å². The largest absolute Gasteiger partial charge is 0.497 e. The molecular weight excluding hydrogens is 304 g/mol. The number of likely N-dealkylation sites (tertiary alicyclic amines) is 1. The molecule has 132 valence electrons. The Bertz CT molecular complexity index is 540. The lowest BCUT2D eigenvalue weighted by Gasteiger charge is -2.26. The van der Waals surface area contributed by atoms with Gasteiger partial charge in [0.1, 0.15) is 5.75 Å². The molecular formula is C19H28N2O3. The third-order valence-electron chi connectivity index (χ3n) is 5.19. The van der Waals surface area contributed by atoms with Crippen LogP contribution in [0.25, 0.3) is 0 Å². The van der Waals surface area contributed by atoms with E-state index >= 15 is 0 Å². The lowest BCUT2D eigenvalue weighted by atomic mass is 9.99. The van der Waals surface area contributed by atoms with Crippen LogP contribution in [0.1, 0.15) is 37.8 Å². The van der Waals surface area contributed by atoms with Gasteiger partial charge in [-0.2, -0.15) is 0 Å². The first-order valence-electron chi connectivity index (χ1n) is 8.95. The van der Waals surface area contributed by atoms with E-state index in [1.807, 2.05) is 19.1 Å². The SMILES string of the molecule is COc1ccc([C@H](CN2CCCC2)NC(=O)[C@H]2CCO[C@@H]2C)cc1. The Morgan fingerprint density at radius 2 is 2.04 bits per heavy atom. The van der Waals surface area contributed by atoms with Gasteiger partial charge in [0.05, 0.1) is 25.2 Å². The van der Waals surface area contributed by atoms with Gasteiger partial charge in [0.2, 0.25) is 5.91 Å². The van der Waals surface area contributed by atoms with Crippen LogP contribution < -0.4 is 10.1 Å². The summed E-state index contributed by atoms with van der Waals surface area (Å²) < 4.78 is 10.8. The van der Waals surface area contributed by atoms with Crippen molar-refractivity contribution in [2.45, 2.75) is 38.3 Å². The van der Waals surface area contributed by atoms with E-state index in [4.69, 9.17) is 9.47 Å². The van der Waals surface area contributed by atoms with E-state index in [2.05, 4.69) is 22.3 Å². The summed E-state index contributed by atoms with van der Waals surface area (Å²) in [6.45, 7) is 5.76. The highest BCUT2D eigenvalue weighted by Gasteiger charge is 2.32. The molecule has 3 rings (SSSR count). The summed E-state index contributed by atoms with van der Waals surface area (Å²) in [6.07, 6.45) is 3.31. The highest BCUT2D eigenvalue weighted by molar-refractivity contribution is 5.80. The minimum Gasteiger partial charge on any atom is -0.497 e. The maximum absolute atomic E-state index is 12.7. The fourth-order valence-electron chi connectivity index (χ4n) is 3.65. The van der Waals surface area contributed by atoms with Crippen LogP contribution in [0.3, 0.4) is 0 Å². The fourth-order valence-corrected chi connectivity index (χ4v) is 3.65. The number of carbonyl (C=O) groups excluding carboxylic acids is 1. The molecule has 1 aromatic carbocycles. The Labute approximate surface area is 144 Å². The first-order valence-corrected chi connectivity index (χ1v) is 8.95. The van der Waals surface area contributed by atoms with Crippen LogP contribution in [-0.2, 0) is 9.53 Å². The molecule has 2 fully saturated rings. The van der Waals surface area contributed by atoms with Crippen LogP contribution >= 0.6 is 0 Å². The summed E-state index contributed by atoms with van der Waals surface area (Å²) in [5.74, 6) is 0.909. The molecule has 3 atom stereocenters. The number of nitrogens with one attached hydrogen (secondary N) is 1. The second-order valence-corrected chi connectivity index (χ2v) is 6.81. The number of rotatable bonds is 6. The zero-order chi connectivity index (χ0) is 16.9. The summed E-state index contributed by atoms with van der Waals surface area (Å²) in [7, 11) is 1.67. The number of carbonyl (C=O) groups is 1. The molecule has 1 amide bonds. The van der Waals surface area contributed by atoms with E-state index in [1.165, 1.54) is 12.8 Å². The number of methoxy groups -OCH3 is 1. The van der Waals surface area contributed by atoms with Crippen LogP contribution in [-0.4, -0.2) is 50.3 Å². The maximum atomic E-state index is 12.7. The topological polar surface area (TPSA) is 50.8 Å². The van der Waals surface area contributed by atoms with Gasteiger partial charge in [0, 0.05) is 13.2 Å². The zero-order valence-electron chi connectivity index (χ0n) is 14.7. The Balaban J connectivity index is 1.71. The molecule has 0 aromatic heterocycles. The van der Waals surface area contributed by atoms with Crippen LogP contribution in [0.2, 0.25) is 0 Å². The van der Waals surface area contributed by atoms with Crippen molar-refractivity contribution < 1.29 is 14.3 Å². The van der Waals surface area contributed by atoms with Crippen molar-refractivity contribution in [1.82, 2.24) is 10.2 Å². The lowest BCUT2D eigenvalue weighted by Crippen LogP contribution is -2.41. The summed E-state index contributed by atoms with van der Waals surface area (Å²) in [6, 6.07) is 8.02. The zero-order valence-corrected chi connectivity index (χ0v) is 14.7. The summed E-state index contributed by atoms with van der Waals surface area (Å²) in [4.78, 5) is 15.1. The van der Waals surface area contributed by atoms with Gasteiger partial charge in [-0.3, -0.25) is 4.79 Å². The van der Waals surface area contributed by atoms with Gasteiger partial charge in [-0.05, 0) is 57.0 Å². The molecule has 2 aliphatic heterocycles. The number of hydrogen-bond acceptors (Lipinski definition) is 4. The molecule has 0 saturated carbocycles. The van der Waals surface area contributed by atoms with Crippen LogP contribution in [0.4, 0.5) is 0 Å². The second-order valence-electron chi connectivity index (χ2n) is 6.81. The molecule has 1 N–H and O–H groups in total. The molecule has 2 saturated heterocycles. The third kappa shape index (κ3) is 4.08. The number of amides is 1. The summed E-state index contributed by atoms with van der Waals surface area (Å²) in [5.41, 5.74) is 1.13. The first kappa shape index (κ1) is 17.2. The van der Waals surface area contributed by atoms with Crippen LogP contribution in [0, 0.1) is 5.92 Å². The average Bonchev–Trinajstić information content (AvgIpc) is 3.26. The number of ether oxygens (including phenoxy) is 2. The van der Waals surface area contributed by atoms with Crippen molar-refractivity contribution in [1.29, 1.82) is 0 Å². The summed E-state index contributed by atoms with van der Waals surface area (Å²) >= 11 is 0. The van der Waals surface area contributed by atoms with Crippen molar-refractivity contribution in [3.05, 3.63) is 29.8 Å². The predicted molar refractivity (Wildman–Crippen MR) is 93.1 cm³/mol. The molecule has 0 spiro atoms. The van der Waals surface area contributed by atoms with Gasteiger partial charge in [0.25, 0.3) is 0 Å². The van der Waals surface area contributed by atoms with E-state index < -0.39 is 0 Å². The number of benzene rings is 1. The molecule has 24 heavy (non-hydrogen) atoms. The number of hydrogen-bond donors (Lipinski definition) is 1. The fraction of sp³-hybridized carbons (Fsp3) is 0.632. The van der Waals surface area contributed by atoms with Gasteiger partial charge >= 0.3 is 0 Å². The smallest absolute Gasteiger partial charge is 0.226 e. The Hall–Kier alpha value is -1.59. The van der Waals surface area contributed by atoms with Crippen molar-refractivity contribution in [3.8, 4) is 5.75 Å². The van der Waals surface area contributed by atoms with Gasteiger partial charge < -0.3 is 19.7 Å².